The number of para-hydroxylation sites is 2. The molecule has 0 spiro atoms. The van der Waals surface area contributed by atoms with Gasteiger partial charge in [0.05, 0.1) is 17.2 Å². The molecular weight excluding hydrogens is 248 g/mol. The van der Waals surface area contributed by atoms with E-state index in [0.717, 1.165) is 17.5 Å². The molecule has 2 aromatic rings. The Kier molecular flexibility index (Phi) is 3.63. The molecule has 1 aromatic heterocycles. The van der Waals surface area contributed by atoms with Crippen LogP contribution in [0.5, 0.6) is 0 Å². The zero-order valence-corrected chi connectivity index (χ0v) is 12.9. The molecule has 0 amide bonds. The summed E-state index contributed by atoms with van der Waals surface area (Å²) in [5, 5.41) is 0. The van der Waals surface area contributed by atoms with Crippen LogP contribution in [0.15, 0.2) is 30.5 Å². The lowest BCUT2D eigenvalue weighted by atomic mass is 9.73. The summed E-state index contributed by atoms with van der Waals surface area (Å²) in [6.07, 6.45) is 2.41. The molecule has 0 saturated heterocycles. The van der Waals surface area contributed by atoms with Gasteiger partial charge in [-0.2, -0.15) is 0 Å². The van der Waals surface area contributed by atoms with E-state index < -0.39 is 5.41 Å². The molecule has 0 atom stereocenters. The molecule has 0 saturated carbocycles. The first-order chi connectivity index (χ1) is 9.19. The molecule has 0 aliphatic carbocycles. The molecule has 106 valence electrons. The number of carbonyl (C=O) groups excluding carboxylic acids is 1. The molecule has 3 heteroatoms. The lowest BCUT2D eigenvalue weighted by Crippen LogP contribution is -2.30. The van der Waals surface area contributed by atoms with Gasteiger partial charge in [-0.15, -0.1) is 0 Å². The fourth-order valence-electron chi connectivity index (χ4n) is 2.82. The Morgan fingerprint density at radius 1 is 1.05 bits per heavy atom. The van der Waals surface area contributed by atoms with Crippen LogP contribution in [0.1, 0.15) is 51.5 Å². The van der Waals surface area contributed by atoms with Crippen LogP contribution in [0.2, 0.25) is 0 Å². The minimum absolute atomic E-state index is 0.0608. The van der Waals surface area contributed by atoms with E-state index in [-0.39, 0.29) is 11.2 Å². The Balaban J connectivity index is 2.35. The van der Waals surface area contributed by atoms with Gasteiger partial charge in [0, 0.05) is 5.41 Å². The third kappa shape index (κ3) is 3.21. The lowest BCUT2D eigenvalue weighted by Gasteiger charge is -2.30. The number of hydrogen-bond donors (Lipinski definition) is 0. The molecule has 0 aliphatic heterocycles. The van der Waals surface area contributed by atoms with E-state index in [2.05, 4.69) is 30.7 Å². The number of benzene rings is 1. The molecule has 0 unspecified atom stereocenters. The standard InChI is InChI=1S/C17H22N2O/c1-16(2,3)11-17(4,5)15(20)14-10-18-12-8-6-7-9-13(12)19-14/h6-10H,11H2,1-5H3. The van der Waals surface area contributed by atoms with Gasteiger partial charge in [0.2, 0.25) is 0 Å². The summed E-state index contributed by atoms with van der Waals surface area (Å²) >= 11 is 0. The zero-order valence-electron chi connectivity index (χ0n) is 12.9. The molecule has 0 fully saturated rings. The first-order valence-corrected chi connectivity index (χ1v) is 6.96. The Morgan fingerprint density at radius 3 is 2.25 bits per heavy atom. The van der Waals surface area contributed by atoms with Crippen LogP contribution < -0.4 is 0 Å². The molecule has 20 heavy (non-hydrogen) atoms. The van der Waals surface area contributed by atoms with Crippen molar-refractivity contribution in [3.63, 3.8) is 0 Å². The van der Waals surface area contributed by atoms with Crippen LogP contribution in [0.25, 0.3) is 11.0 Å². The third-order valence-electron chi connectivity index (χ3n) is 3.27. The molecule has 0 N–H and O–H groups in total. The zero-order chi connectivity index (χ0) is 15.0. The van der Waals surface area contributed by atoms with Gasteiger partial charge < -0.3 is 0 Å². The van der Waals surface area contributed by atoms with E-state index in [0.29, 0.717) is 5.69 Å². The topological polar surface area (TPSA) is 42.9 Å². The number of hydrogen-bond acceptors (Lipinski definition) is 3. The first kappa shape index (κ1) is 14.6. The van der Waals surface area contributed by atoms with Gasteiger partial charge in [0.1, 0.15) is 5.69 Å². The van der Waals surface area contributed by atoms with Crippen molar-refractivity contribution in [3.8, 4) is 0 Å². The fraction of sp³-hybridized carbons (Fsp3) is 0.471. The number of ketones is 1. The Morgan fingerprint density at radius 2 is 1.65 bits per heavy atom. The Bertz CT molecular complexity index is 639. The van der Waals surface area contributed by atoms with Crippen LogP contribution in [0.4, 0.5) is 0 Å². The number of Topliss-reactive ketones (excluding diaryl/α,β-unsaturated/α-hetero) is 1. The summed E-state index contributed by atoms with van der Waals surface area (Å²) in [7, 11) is 0. The van der Waals surface area contributed by atoms with Gasteiger partial charge in [-0.3, -0.25) is 9.78 Å². The number of nitrogens with zero attached hydrogens (tertiary/aromatic N) is 2. The van der Waals surface area contributed by atoms with Gasteiger partial charge in [-0.25, -0.2) is 4.98 Å². The normalized spacial score (nSPS) is 12.7. The predicted octanol–water partition coefficient (Wildman–Crippen LogP) is 4.27. The van der Waals surface area contributed by atoms with Crippen molar-refractivity contribution >= 4 is 16.8 Å². The highest BCUT2D eigenvalue weighted by Gasteiger charge is 2.34. The van der Waals surface area contributed by atoms with E-state index in [9.17, 15) is 4.79 Å². The quantitative estimate of drug-likeness (QED) is 0.782. The van der Waals surface area contributed by atoms with Gasteiger partial charge in [-0.05, 0) is 24.0 Å². The van der Waals surface area contributed by atoms with Crippen LogP contribution in [0.3, 0.4) is 0 Å². The summed E-state index contributed by atoms with van der Waals surface area (Å²) in [6, 6.07) is 7.61. The van der Waals surface area contributed by atoms with Crippen molar-refractivity contribution in [3.05, 3.63) is 36.2 Å². The van der Waals surface area contributed by atoms with Crippen molar-refractivity contribution in [2.75, 3.05) is 0 Å². The Labute approximate surface area is 120 Å². The molecule has 2 rings (SSSR count). The van der Waals surface area contributed by atoms with E-state index >= 15 is 0 Å². The molecule has 1 heterocycles. The summed E-state index contributed by atoms with van der Waals surface area (Å²) in [5.41, 5.74) is 1.71. The molecule has 1 aromatic carbocycles. The number of rotatable bonds is 3. The SMILES string of the molecule is CC(C)(C)CC(C)(C)C(=O)c1cnc2ccccc2n1. The van der Waals surface area contributed by atoms with Crippen LogP contribution >= 0.6 is 0 Å². The maximum atomic E-state index is 12.7. The van der Waals surface area contributed by atoms with Crippen LogP contribution in [0, 0.1) is 10.8 Å². The number of carbonyl (C=O) groups is 1. The number of aromatic nitrogens is 2. The lowest BCUT2D eigenvalue weighted by molar-refractivity contribution is 0.0765. The summed E-state index contributed by atoms with van der Waals surface area (Å²) < 4.78 is 0. The summed E-state index contributed by atoms with van der Waals surface area (Å²) in [4.78, 5) is 21.5. The van der Waals surface area contributed by atoms with Gasteiger partial charge >= 0.3 is 0 Å². The molecule has 0 bridgehead atoms. The molecule has 0 radical (unpaired) electrons. The van der Waals surface area contributed by atoms with Crippen molar-refractivity contribution in [1.82, 2.24) is 9.97 Å². The Hall–Kier alpha value is -1.77. The highest BCUT2D eigenvalue weighted by molar-refractivity contribution is 5.99. The minimum atomic E-state index is -0.435. The fourth-order valence-corrected chi connectivity index (χ4v) is 2.82. The predicted molar refractivity (Wildman–Crippen MR) is 81.7 cm³/mol. The third-order valence-corrected chi connectivity index (χ3v) is 3.27. The summed E-state index contributed by atoms with van der Waals surface area (Å²) in [5.74, 6) is 0.0608. The van der Waals surface area contributed by atoms with E-state index in [4.69, 9.17) is 0 Å². The van der Waals surface area contributed by atoms with Gasteiger partial charge in [0.25, 0.3) is 0 Å². The summed E-state index contributed by atoms with van der Waals surface area (Å²) in [6.45, 7) is 10.4. The van der Waals surface area contributed by atoms with Crippen LogP contribution in [-0.4, -0.2) is 15.8 Å². The maximum absolute atomic E-state index is 12.7. The second-order valence-electron chi connectivity index (χ2n) is 7.19. The van der Waals surface area contributed by atoms with Crippen molar-refractivity contribution in [1.29, 1.82) is 0 Å². The van der Waals surface area contributed by atoms with E-state index in [1.54, 1.807) is 6.20 Å². The first-order valence-electron chi connectivity index (χ1n) is 6.96. The van der Waals surface area contributed by atoms with Crippen molar-refractivity contribution in [2.45, 2.75) is 41.0 Å². The maximum Gasteiger partial charge on any atom is 0.188 e. The van der Waals surface area contributed by atoms with Crippen molar-refractivity contribution < 1.29 is 4.79 Å². The molecule has 0 aliphatic rings. The average molecular weight is 270 g/mol. The highest BCUT2D eigenvalue weighted by Crippen LogP contribution is 2.35. The number of fused-ring (bicyclic) bond motifs is 1. The van der Waals surface area contributed by atoms with Gasteiger partial charge in [0.15, 0.2) is 5.78 Å². The van der Waals surface area contributed by atoms with Gasteiger partial charge in [-0.1, -0.05) is 46.8 Å². The molecule has 3 nitrogen and oxygen atoms in total. The van der Waals surface area contributed by atoms with E-state index in [1.165, 1.54) is 0 Å². The highest BCUT2D eigenvalue weighted by atomic mass is 16.1. The van der Waals surface area contributed by atoms with E-state index in [1.807, 2.05) is 38.1 Å². The molecular formula is C17H22N2O. The minimum Gasteiger partial charge on any atom is -0.292 e. The monoisotopic (exact) mass is 270 g/mol. The average Bonchev–Trinajstić information content (AvgIpc) is 2.34. The van der Waals surface area contributed by atoms with Crippen molar-refractivity contribution in [2.24, 2.45) is 10.8 Å². The smallest absolute Gasteiger partial charge is 0.188 e. The largest absolute Gasteiger partial charge is 0.292 e. The van der Waals surface area contributed by atoms with Crippen LogP contribution in [-0.2, 0) is 0 Å². The second-order valence-corrected chi connectivity index (χ2v) is 7.19. The second kappa shape index (κ2) is 4.97.